The molecule has 0 aromatic carbocycles. The molecule has 114 valence electrons. The maximum Gasteiger partial charge on any atom is 0.146 e. The molecule has 2 aromatic rings. The third kappa shape index (κ3) is 4.60. The highest BCUT2D eigenvalue weighted by Crippen LogP contribution is 2.19. The number of furan rings is 1. The van der Waals surface area contributed by atoms with Gasteiger partial charge in [-0.05, 0) is 37.6 Å². The van der Waals surface area contributed by atoms with Gasteiger partial charge in [-0.2, -0.15) is 0 Å². The average Bonchev–Trinajstić information content (AvgIpc) is 2.91. The Balaban J connectivity index is 1.94. The second-order valence-corrected chi connectivity index (χ2v) is 5.44. The zero-order valence-corrected chi connectivity index (χ0v) is 13.3. The summed E-state index contributed by atoms with van der Waals surface area (Å²) in [7, 11) is 0. The topological polar surface area (TPSA) is 47.3 Å². The van der Waals surface area contributed by atoms with Gasteiger partial charge in [0.25, 0.3) is 0 Å². The second-order valence-electron chi connectivity index (χ2n) is 5.44. The van der Waals surface area contributed by atoms with Crippen molar-refractivity contribution in [2.45, 2.75) is 53.3 Å². The lowest BCUT2D eigenvalue weighted by Gasteiger charge is -2.09. The molecule has 4 nitrogen and oxygen atoms in total. The first-order chi connectivity index (χ1) is 10.1. The van der Waals surface area contributed by atoms with Crippen LogP contribution in [0.2, 0.25) is 0 Å². The van der Waals surface area contributed by atoms with Crippen LogP contribution in [0.5, 0.6) is 5.75 Å². The molecule has 0 fully saturated rings. The van der Waals surface area contributed by atoms with Crippen molar-refractivity contribution < 1.29 is 9.15 Å². The van der Waals surface area contributed by atoms with E-state index in [-0.39, 0.29) is 0 Å². The van der Waals surface area contributed by atoms with Crippen molar-refractivity contribution in [1.29, 1.82) is 0 Å². The van der Waals surface area contributed by atoms with Gasteiger partial charge in [0.05, 0.1) is 12.2 Å². The first-order valence-electron chi connectivity index (χ1n) is 7.48. The van der Waals surface area contributed by atoms with Crippen molar-refractivity contribution >= 4 is 0 Å². The van der Waals surface area contributed by atoms with Crippen LogP contribution < -0.4 is 10.1 Å². The predicted octanol–water partition coefficient (Wildman–Crippen LogP) is 3.62. The van der Waals surface area contributed by atoms with Crippen molar-refractivity contribution in [3.8, 4) is 5.75 Å². The molecule has 0 aliphatic rings. The summed E-state index contributed by atoms with van der Waals surface area (Å²) in [6, 6.07) is 8.34. The number of nitrogens with zero attached hydrogens (tertiary/aromatic N) is 1. The number of hydrogen-bond acceptors (Lipinski definition) is 4. The van der Waals surface area contributed by atoms with Crippen molar-refractivity contribution in [3.05, 3.63) is 47.2 Å². The Morgan fingerprint density at radius 1 is 1.19 bits per heavy atom. The largest absolute Gasteiger partial charge is 0.484 e. The normalized spacial score (nSPS) is 11.1. The third-order valence-electron chi connectivity index (χ3n) is 3.18. The van der Waals surface area contributed by atoms with Gasteiger partial charge in [0.15, 0.2) is 0 Å². The molecule has 0 saturated heterocycles. The van der Waals surface area contributed by atoms with Crippen LogP contribution in [0.15, 0.2) is 28.7 Å². The van der Waals surface area contributed by atoms with Crippen LogP contribution in [0.3, 0.4) is 0 Å². The lowest BCUT2D eigenvalue weighted by Crippen LogP contribution is -2.21. The van der Waals surface area contributed by atoms with Crippen LogP contribution in [0.4, 0.5) is 0 Å². The van der Waals surface area contributed by atoms with E-state index in [1.165, 1.54) is 0 Å². The van der Waals surface area contributed by atoms with E-state index in [0.29, 0.717) is 12.6 Å². The van der Waals surface area contributed by atoms with Crippen molar-refractivity contribution in [2.24, 2.45) is 0 Å². The highest BCUT2D eigenvalue weighted by Gasteiger charge is 2.07. The number of ether oxygens (including phenoxy) is 1. The Morgan fingerprint density at radius 2 is 1.95 bits per heavy atom. The molecule has 21 heavy (non-hydrogen) atoms. The van der Waals surface area contributed by atoms with E-state index in [0.717, 1.165) is 41.6 Å². The molecule has 0 aliphatic heterocycles. The molecular weight excluding hydrogens is 264 g/mol. The molecule has 0 aliphatic carbocycles. The summed E-state index contributed by atoms with van der Waals surface area (Å²) in [5.74, 6) is 2.60. The summed E-state index contributed by atoms with van der Waals surface area (Å²) in [6.45, 7) is 9.47. The van der Waals surface area contributed by atoms with Crippen LogP contribution in [-0.4, -0.2) is 11.0 Å². The van der Waals surface area contributed by atoms with Crippen LogP contribution in [0.25, 0.3) is 0 Å². The summed E-state index contributed by atoms with van der Waals surface area (Å²) >= 11 is 0. The van der Waals surface area contributed by atoms with Crippen LogP contribution >= 0.6 is 0 Å². The monoisotopic (exact) mass is 288 g/mol. The quantitative estimate of drug-likeness (QED) is 0.845. The van der Waals surface area contributed by atoms with Gasteiger partial charge in [0, 0.05) is 11.7 Å². The van der Waals surface area contributed by atoms with Gasteiger partial charge in [0.2, 0.25) is 0 Å². The molecule has 2 aromatic heterocycles. The molecule has 0 amide bonds. The van der Waals surface area contributed by atoms with Crippen molar-refractivity contribution in [3.63, 3.8) is 0 Å². The molecule has 2 heterocycles. The minimum absolute atomic E-state index is 0.430. The van der Waals surface area contributed by atoms with Crippen molar-refractivity contribution in [1.82, 2.24) is 10.3 Å². The minimum atomic E-state index is 0.430. The van der Waals surface area contributed by atoms with E-state index in [1.54, 1.807) is 0 Å². The van der Waals surface area contributed by atoms with Gasteiger partial charge in [-0.25, -0.2) is 0 Å². The number of hydrogen-bond donors (Lipinski definition) is 1. The van der Waals surface area contributed by atoms with Gasteiger partial charge in [0.1, 0.15) is 23.9 Å². The summed E-state index contributed by atoms with van der Waals surface area (Å²) in [4.78, 5) is 4.49. The van der Waals surface area contributed by atoms with Gasteiger partial charge in [-0.3, -0.25) is 4.98 Å². The highest BCUT2D eigenvalue weighted by atomic mass is 16.5. The standard InChI is InChI=1S/C17H24N2O2/c1-5-16-17(9-6-13(4)19-16)20-11-15-8-7-14(21-15)10-18-12(2)3/h6-9,12,18H,5,10-11H2,1-4H3. The third-order valence-corrected chi connectivity index (χ3v) is 3.18. The number of pyridine rings is 1. The molecule has 4 heteroatoms. The van der Waals surface area contributed by atoms with Gasteiger partial charge in [-0.15, -0.1) is 0 Å². The zero-order chi connectivity index (χ0) is 15.2. The molecule has 0 spiro atoms. The number of aryl methyl sites for hydroxylation is 2. The Labute approximate surface area is 126 Å². The SMILES string of the molecule is CCc1nc(C)ccc1OCc1ccc(CNC(C)C)o1. The second kappa shape index (κ2) is 7.27. The highest BCUT2D eigenvalue weighted by molar-refractivity contribution is 5.29. The smallest absolute Gasteiger partial charge is 0.146 e. The van der Waals surface area contributed by atoms with E-state index in [4.69, 9.17) is 9.15 Å². The molecule has 0 atom stereocenters. The summed E-state index contributed by atoms with van der Waals surface area (Å²) in [6.07, 6.45) is 0.860. The molecule has 0 saturated carbocycles. The van der Waals surface area contributed by atoms with Crippen LogP contribution in [0, 0.1) is 6.92 Å². The van der Waals surface area contributed by atoms with E-state index in [2.05, 4.69) is 31.1 Å². The van der Waals surface area contributed by atoms with E-state index in [9.17, 15) is 0 Å². The summed E-state index contributed by atoms with van der Waals surface area (Å²) in [5.41, 5.74) is 2.00. The Morgan fingerprint density at radius 3 is 2.67 bits per heavy atom. The first-order valence-corrected chi connectivity index (χ1v) is 7.48. The lowest BCUT2D eigenvalue weighted by molar-refractivity contribution is 0.261. The fraction of sp³-hybridized carbons (Fsp3) is 0.471. The maximum atomic E-state index is 5.83. The fourth-order valence-electron chi connectivity index (χ4n) is 2.03. The minimum Gasteiger partial charge on any atom is -0.484 e. The van der Waals surface area contributed by atoms with E-state index < -0.39 is 0 Å². The van der Waals surface area contributed by atoms with Crippen molar-refractivity contribution in [2.75, 3.05) is 0 Å². The van der Waals surface area contributed by atoms with Crippen LogP contribution in [0.1, 0.15) is 43.7 Å². The Hall–Kier alpha value is -1.81. The van der Waals surface area contributed by atoms with Crippen LogP contribution in [-0.2, 0) is 19.6 Å². The molecule has 1 N–H and O–H groups in total. The predicted molar refractivity (Wildman–Crippen MR) is 83.4 cm³/mol. The van der Waals surface area contributed by atoms with Gasteiger partial charge >= 0.3 is 0 Å². The molecular formula is C17H24N2O2. The summed E-state index contributed by atoms with van der Waals surface area (Å²) in [5, 5.41) is 3.33. The average molecular weight is 288 g/mol. The van der Waals surface area contributed by atoms with Gasteiger partial charge < -0.3 is 14.5 Å². The summed E-state index contributed by atoms with van der Waals surface area (Å²) < 4.78 is 11.6. The van der Waals surface area contributed by atoms with Gasteiger partial charge in [-0.1, -0.05) is 20.8 Å². The molecule has 0 unspecified atom stereocenters. The molecule has 0 radical (unpaired) electrons. The van der Waals surface area contributed by atoms with E-state index in [1.807, 2.05) is 31.2 Å². The Bertz CT molecular complexity index is 576. The molecule has 2 rings (SSSR count). The zero-order valence-electron chi connectivity index (χ0n) is 13.3. The fourth-order valence-corrected chi connectivity index (χ4v) is 2.03. The number of nitrogens with one attached hydrogen (secondary N) is 1. The first kappa shape index (κ1) is 15.6. The maximum absolute atomic E-state index is 5.83. The van der Waals surface area contributed by atoms with E-state index >= 15 is 0 Å². The molecule has 0 bridgehead atoms. The lowest BCUT2D eigenvalue weighted by atomic mass is 10.2. The number of aromatic nitrogens is 1. The number of rotatable bonds is 7. The Kier molecular flexibility index (Phi) is 5.39.